The Balaban J connectivity index is 1.47. The Morgan fingerprint density at radius 3 is 2.49 bits per heavy atom. The van der Waals surface area contributed by atoms with Gasteiger partial charge in [-0.2, -0.15) is 0 Å². The number of carbonyl (C=O) groups excluding carboxylic acids is 1. The minimum absolute atomic E-state index is 0.0696. The van der Waals surface area contributed by atoms with Crippen molar-refractivity contribution >= 4 is 28.9 Å². The van der Waals surface area contributed by atoms with Crippen LogP contribution in [0.3, 0.4) is 0 Å². The van der Waals surface area contributed by atoms with E-state index in [1.807, 2.05) is 6.92 Å². The molecule has 1 aromatic carbocycles. The minimum Gasteiger partial charge on any atom is -0.477 e. The number of hydrogen-bond acceptors (Lipinski definition) is 6. The van der Waals surface area contributed by atoms with E-state index >= 15 is 4.39 Å². The van der Waals surface area contributed by atoms with Crippen molar-refractivity contribution in [2.75, 3.05) is 18.0 Å². The van der Waals surface area contributed by atoms with Crippen molar-refractivity contribution in [3.8, 4) is 5.69 Å². The van der Waals surface area contributed by atoms with Crippen LogP contribution in [-0.4, -0.2) is 51.5 Å². The molecule has 3 heterocycles. The molecule has 1 aliphatic heterocycles. The lowest BCUT2D eigenvalue weighted by Gasteiger charge is -2.28. The molecule has 2 aliphatic rings. The van der Waals surface area contributed by atoms with Gasteiger partial charge in [-0.1, -0.05) is 0 Å². The molecular formula is C27H27F3N4O5. The number of carbonyl (C=O) groups is 2. The van der Waals surface area contributed by atoms with Gasteiger partial charge in [0.05, 0.1) is 11.1 Å². The molecule has 1 aliphatic carbocycles. The van der Waals surface area contributed by atoms with Crippen molar-refractivity contribution in [3.05, 3.63) is 63.7 Å². The second kappa shape index (κ2) is 9.28. The fraction of sp³-hybridized carbons (Fsp3) is 0.407. The summed E-state index contributed by atoms with van der Waals surface area (Å²) in [5.41, 5.74) is -2.71. The number of hydrogen-bond donors (Lipinski definition) is 2. The van der Waals surface area contributed by atoms with Crippen LogP contribution in [0.4, 0.5) is 23.8 Å². The highest BCUT2D eigenvalue weighted by molar-refractivity contribution is 5.92. The Labute approximate surface area is 221 Å². The van der Waals surface area contributed by atoms with Crippen molar-refractivity contribution in [2.24, 2.45) is 17.8 Å². The largest absolute Gasteiger partial charge is 0.477 e. The van der Waals surface area contributed by atoms with Crippen molar-refractivity contribution in [3.63, 3.8) is 0 Å². The van der Waals surface area contributed by atoms with E-state index in [-0.39, 0.29) is 46.3 Å². The first-order chi connectivity index (χ1) is 18.3. The summed E-state index contributed by atoms with van der Waals surface area (Å²) in [6.45, 7) is 8.08. The molecule has 2 aromatic heterocycles. The second-order valence-electron chi connectivity index (χ2n) is 11.0. The number of alkyl carbamates (subject to hydrolysis) is 1. The molecule has 0 radical (unpaired) electrons. The summed E-state index contributed by atoms with van der Waals surface area (Å²) in [6, 6.07) is 3.42. The fourth-order valence-corrected chi connectivity index (χ4v) is 5.56. The lowest BCUT2D eigenvalue weighted by Crippen LogP contribution is -2.38. The number of aromatic nitrogens is 2. The number of piperidine rings is 1. The molecule has 5 rings (SSSR count). The van der Waals surface area contributed by atoms with E-state index in [2.05, 4.69) is 10.3 Å². The lowest BCUT2D eigenvalue weighted by atomic mass is 10.1. The molecule has 39 heavy (non-hydrogen) atoms. The summed E-state index contributed by atoms with van der Waals surface area (Å²) in [6.07, 6.45) is 0.396. The van der Waals surface area contributed by atoms with E-state index in [1.54, 1.807) is 25.7 Å². The number of nitrogens with one attached hydrogen (secondary N) is 1. The standard InChI is InChI=1S/C27H27F3N4O5/c1-12-21-15(9-31-26(38)39-27(2,3)4)16(21)10-33(12)24-19(30)8-14-22(35)17(25(36)37)11-34(23(14)32-24)20-6-5-13(28)7-18(20)29/h5-8,11-12,15-16,21H,9-10H2,1-4H3,(H,31,38)(H,36,37)/t12?,15-,16-,21+/m1/s1. The van der Waals surface area contributed by atoms with Gasteiger partial charge in [-0.05, 0) is 63.6 Å². The Bertz CT molecular complexity index is 1570. The zero-order valence-corrected chi connectivity index (χ0v) is 21.7. The first-order valence-corrected chi connectivity index (χ1v) is 12.4. The second-order valence-corrected chi connectivity index (χ2v) is 11.0. The average molecular weight is 545 g/mol. The number of rotatable bonds is 5. The van der Waals surface area contributed by atoms with Gasteiger partial charge in [0.15, 0.2) is 17.3 Å². The number of carboxylic acid groups (broad SMARTS) is 1. The smallest absolute Gasteiger partial charge is 0.407 e. The highest BCUT2D eigenvalue weighted by Gasteiger charge is 2.60. The maximum absolute atomic E-state index is 15.4. The molecule has 2 N–H and O–H groups in total. The van der Waals surface area contributed by atoms with Crippen LogP contribution in [0.25, 0.3) is 16.7 Å². The quantitative estimate of drug-likeness (QED) is 0.497. The third-order valence-corrected chi connectivity index (χ3v) is 7.32. The van der Waals surface area contributed by atoms with Crippen molar-refractivity contribution in [1.82, 2.24) is 14.9 Å². The van der Waals surface area contributed by atoms with E-state index in [0.29, 0.717) is 19.2 Å². The molecule has 2 fully saturated rings. The van der Waals surface area contributed by atoms with Gasteiger partial charge in [-0.25, -0.2) is 27.7 Å². The molecule has 1 saturated heterocycles. The van der Waals surface area contributed by atoms with Crippen LogP contribution in [0.15, 0.2) is 35.3 Å². The SMILES string of the molecule is CC1[C@H]2[C@H](CNC(=O)OC(C)(C)C)[C@H]2CN1c1nc2c(cc1F)c(=O)c(C(=O)O)cn2-c1ccc(F)cc1F. The van der Waals surface area contributed by atoms with Crippen LogP contribution in [0, 0.1) is 35.2 Å². The number of fused-ring (bicyclic) bond motifs is 2. The van der Waals surface area contributed by atoms with E-state index in [0.717, 1.165) is 29.0 Å². The molecule has 1 unspecified atom stereocenters. The Morgan fingerprint density at radius 2 is 1.90 bits per heavy atom. The van der Waals surface area contributed by atoms with Gasteiger partial charge in [0.1, 0.15) is 22.8 Å². The molecular weight excluding hydrogens is 517 g/mol. The van der Waals surface area contributed by atoms with Gasteiger partial charge in [0.2, 0.25) is 5.43 Å². The Morgan fingerprint density at radius 1 is 1.18 bits per heavy atom. The molecule has 0 spiro atoms. The molecule has 1 saturated carbocycles. The zero-order chi connectivity index (χ0) is 28.4. The highest BCUT2D eigenvalue weighted by atomic mass is 19.1. The number of halogens is 3. The maximum Gasteiger partial charge on any atom is 0.407 e. The van der Waals surface area contributed by atoms with Gasteiger partial charge in [0.25, 0.3) is 0 Å². The van der Waals surface area contributed by atoms with Gasteiger partial charge < -0.3 is 20.1 Å². The normalized spacial score (nSPS) is 22.1. The number of pyridine rings is 2. The minimum atomic E-state index is -1.58. The van der Waals surface area contributed by atoms with E-state index < -0.39 is 46.1 Å². The number of aromatic carboxylic acids is 1. The van der Waals surface area contributed by atoms with Crippen LogP contribution in [-0.2, 0) is 4.74 Å². The lowest BCUT2D eigenvalue weighted by molar-refractivity contribution is 0.0522. The van der Waals surface area contributed by atoms with Crippen LogP contribution < -0.4 is 15.6 Å². The number of ether oxygens (including phenoxy) is 1. The maximum atomic E-state index is 15.4. The molecule has 1 amide bonds. The topological polar surface area (TPSA) is 114 Å². The third kappa shape index (κ3) is 4.79. The number of carboxylic acids is 1. The summed E-state index contributed by atoms with van der Waals surface area (Å²) in [5.74, 6) is -3.84. The molecule has 3 aromatic rings. The van der Waals surface area contributed by atoms with Crippen LogP contribution in [0.2, 0.25) is 0 Å². The predicted molar refractivity (Wildman–Crippen MR) is 136 cm³/mol. The summed E-state index contributed by atoms with van der Waals surface area (Å²) < 4.78 is 50.0. The molecule has 9 nitrogen and oxygen atoms in total. The van der Waals surface area contributed by atoms with Gasteiger partial charge in [-0.15, -0.1) is 0 Å². The summed E-state index contributed by atoms with van der Waals surface area (Å²) in [4.78, 5) is 42.7. The van der Waals surface area contributed by atoms with E-state index in [1.165, 1.54) is 0 Å². The Hall–Kier alpha value is -4.09. The van der Waals surface area contributed by atoms with Crippen molar-refractivity contribution in [1.29, 1.82) is 0 Å². The number of amides is 1. The summed E-state index contributed by atoms with van der Waals surface area (Å²) >= 11 is 0. The molecule has 0 bridgehead atoms. The van der Waals surface area contributed by atoms with Gasteiger partial charge >= 0.3 is 12.1 Å². The summed E-state index contributed by atoms with van der Waals surface area (Å²) in [5, 5.41) is 11.9. The van der Waals surface area contributed by atoms with E-state index in [9.17, 15) is 28.3 Å². The molecule has 206 valence electrons. The summed E-state index contributed by atoms with van der Waals surface area (Å²) in [7, 11) is 0. The highest BCUT2D eigenvalue weighted by Crippen LogP contribution is 2.55. The van der Waals surface area contributed by atoms with Gasteiger partial charge in [-0.3, -0.25) is 9.36 Å². The average Bonchev–Trinajstić information content (AvgIpc) is 3.41. The monoisotopic (exact) mass is 544 g/mol. The van der Waals surface area contributed by atoms with E-state index in [4.69, 9.17) is 4.74 Å². The number of benzene rings is 1. The van der Waals surface area contributed by atoms with Crippen molar-refractivity contribution < 1.29 is 32.6 Å². The zero-order valence-electron chi connectivity index (χ0n) is 21.7. The fourth-order valence-electron chi connectivity index (χ4n) is 5.56. The first-order valence-electron chi connectivity index (χ1n) is 12.4. The third-order valence-electron chi connectivity index (χ3n) is 7.32. The van der Waals surface area contributed by atoms with Crippen LogP contribution >= 0.6 is 0 Å². The molecule has 12 heteroatoms. The van der Waals surface area contributed by atoms with Gasteiger partial charge in [0, 0.05) is 31.4 Å². The predicted octanol–water partition coefficient (Wildman–Crippen LogP) is 4.10. The van der Waals surface area contributed by atoms with Crippen LogP contribution in [0.5, 0.6) is 0 Å². The van der Waals surface area contributed by atoms with Crippen molar-refractivity contribution in [2.45, 2.75) is 39.3 Å². The Kier molecular flexibility index (Phi) is 6.31. The van der Waals surface area contributed by atoms with Crippen LogP contribution in [0.1, 0.15) is 38.1 Å². The number of nitrogens with zero attached hydrogens (tertiary/aromatic N) is 3. The first kappa shape index (κ1) is 26.5. The molecule has 4 atom stereocenters. The number of anilines is 1.